The van der Waals surface area contributed by atoms with Gasteiger partial charge in [-0.3, -0.25) is 0 Å². The largest absolute Gasteiger partial charge is 0.383 e. The molecule has 100 valence electrons. The van der Waals surface area contributed by atoms with Crippen LogP contribution in [0.2, 0.25) is 0 Å². The maximum atomic E-state index is 14.0. The van der Waals surface area contributed by atoms with Crippen molar-refractivity contribution < 1.29 is 9.13 Å². The zero-order valence-corrected chi connectivity index (χ0v) is 11.1. The molecule has 1 fully saturated rings. The average molecular weight is 252 g/mol. The summed E-state index contributed by atoms with van der Waals surface area (Å²) in [6, 6.07) is 5.90. The molecule has 0 atom stereocenters. The Hall–Kier alpha value is -1.13. The highest BCUT2D eigenvalue weighted by molar-refractivity contribution is 5.54. The molecule has 1 aliphatic rings. The van der Waals surface area contributed by atoms with Crippen LogP contribution in [0.3, 0.4) is 0 Å². The Morgan fingerprint density at radius 2 is 2.22 bits per heavy atom. The summed E-state index contributed by atoms with van der Waals surface area (Å²) in [5.74, 6) is -0.163. The zero-order valence-electron chi connectivity index (χ0n) is 11.1. The summed E-state index contributed by atoms with van der Waals surface area (Å²) in [7, 11) is 3.56. The number of ether oxygens (including phenoxy) is 1. The Kier molecular flexibility index (Phi) is 4.55. The van der Waals surface area contributed by atoms with Gasteiger partial charge in [0.15, 0.2) is 0 Å². The van der Waals surface area contributed by atoms with Crippen LogP contribution in [0.1, 0.15) is 18.4 Å². The average Bonchev–Trinajstić information content (AvgIpc) is 3.17. The third-order valence-corrected chi connectivity index (χ3v) is 3.24. The second-order valence-corrected chi connectivity index (χ2v) is 4.82. The highest BCUT2D eigenvalue weighted by Crippen LogP contribution is 2.25. The molecule has 3 nitrogen and oxygen atoms in total. The minimum atomic E-state index is -0.163. The molecule has 0 radical (unpaired) electrons. The molecule has 0 aliphatic heterocycles. The fourth-order valence-corrected chi connectivity index (χ4v) is 2.01. The van der Waals surface area contributed by atoms with Gasteiger partial charge in [0, 0.05) is 33.3 Å². The van der Waals surface area contributed by atoms with Crippen molar-refractivity contribution in [3.8, 4) is 0 Å². The molecule has 0 spiro atoms. The van der Waals surface area contributed by atoms with Crippen LogP contribution in [0.15, 0.2) is 18.2 Å². The quantitative estimate of drug-likeness (QED) is 0.805. The van der Waals surface area contributed by atoms with E-state index < -0.39 is 0 Å². The summed E-state index contributed by atoms with van der Waals surface area (Å²) in [6.45, 7) is 2.02. The number of hydrogen-bond acceptors (Lipinski definition) is 3. The number of rotatable bonds is 7. The summed E-state index contributed by atoms with van der Waals surface area (Å²) in [4.78, 5) is 1.92. The summed E-state index contributed by atoms with van der Waals surface area (Å²) in [6.07, 6.45) is 2.48. The maximum absolute atomic E-state index is 14.0. The van der Waals surface area contributed by atoms with Gasteiger partial charge < -0.3 is 15.0 Å². The number of nitrogens with zero attached hydrogens (tertiary/aromatic N) is 1. The lowest BCUT2D eigenvalue weighted by Crippen LogP contribution is -2.26. The number of halogens is 1. The first-order valence-electron chi connectivity index (χ1n) is 6.43. The van der Waals surface area contributed by atoms with Crippen LogP contribution in [-0.4, -0.2) is 33.4 Å². The van der Waals surface area contributed by atoms with Crippen LogP contribution < -0.4 is 10.2 Å². The molecule has 0 aromatic heterocycles. The van der Waals surface area contributed by atoms with Gasteiger partial charge >= 0.3 is 0 Å². The molecule has 0 amide bonds. The Morgan fingerprint density at radius 3 is 2.89 bits per heavy atom. The van der Waals surface area contributed by atoms with E-state index in [0.29, 0.717) is 24.9 Å². The number of hydrogen-bond donors (Lipinski definition) is 1. The molecule has 18 heavy (non-hydrogen) atoms. The molecule has 1 N–H and O–H groups in total. The molecule has 1 aromatic carbocycles. The Morgan fingerprint density at radius 1 is 1.44 bits per heavy atom. The second kappa shape index (κ2) is 6.16. The van der Waals surface area contributed by atoms with E-state index in [1.54, 1.807) is 13.2 Å². The Balaban J connectivity index is 2.08. The van der Waals surface area contributed by atoms with Crippen molar-refractivity contribution in [3.63, 3.8) is 0 Å². The molecule has 0 saturated heterocycles. The van der Waals surface area contributed by atoms with Gasteiger partial charge in [0.05, 0.1) is 12.3 Å². The van der Waals surface area contributed by atoms with E-state index in [0.717, 1.165) is 12.1 Å². The molecule has 4 heteroatoms. The van der Waals surface area contributed by atoms with Gasteiger partial charge in [-0.2, -0.15) is 0 Å². The first-order chi connectivity index (χ1) is 8.72. The number of para-hydroxylation sites is 1. The van der Waals surface area contributed by atoms with E-state index >= 15 is 0 Å². The van der Waals surface area contributed by atoms with Crippen LogP contribution in [0.25, 0.3) is 0 Å². The molecular weight excluding hydrogens is 231 g/mol. The first-order valence-corrected chi connectivity index (χ1v) is 6.43. The first kappa shape index (κ1) is 13.3. The normalized spacial score (nSPS) is 14.8. The second-order valence-electron chi connectivity index (χ2n) is 4.82. The topological polar surface area (TPSA) is 24.5 Å². The third-order valence-electron chi connectivity index (χ3n) is 3.24. The standard InChI is InChI=1S/C14H21FN2O/c1-17(8-9-18-2)14-11(4-3-5-13(14)15)10-16-12-6-7-12/h3-5,12,16H,6-10H2,1-2H3. The fraction of sp³-hybridized carbons (Fsp3) is 0.571. The number of benzene rings is 1. The fourth-order valence-electron chi connectivity index (χ4n) is 2.01. The minimum absolute atomic E-state index is 0.163. The van der Waals surface area contributed by atoms with Crippen LogP contribution in [0, 0.1) is 5.82 Å². The highest BCUT2D eigenvalue weighted by atomic mass is 19.1. The lowest BCUT2D eigenvalue weighted by atomic mass is 10.1. The van der Waals surface area contributed by atoms with Gasteiger partial charge in [-0.15, -0.1) is 0 Å². The maximum Gasteiger partial charge on any atom is 0.146 e. The van der Waals surface area contributed by atoms with E-state index in [4.69, 9.17) is 4.74 Å². The van der Waals surface area contributed by atoms with Gasteiger partial charge in [0.25, 0.3) is 0 Å². The van der Waals surface area contributed by atoms with Crippen LogP contribution >= 0.6 is 0 Å². The van der Waals surface area contributed by atoms with E-state index in [1.165, 1.54) is 18.9 Å². The van der Waals surface area contributed by atoms with E-state index in [1.807, 2.05) is 18.0 Å². The highest BCUT2D eigenvalue weighted by Gasteiger charge is 2.21. The lowest BCUT2D eigenvalue weighted by molar-refractivity contribution is 0.206. The molecule has 1 aliphatic carbocycles. The Bertz CT molecular complexity index is 393. The smallest absolute Gasteiger partial charge is 0.146 e. The predicted octanol–water partition coefficient (Wildman–Crippen LogP) is 2.16. The van der Waals surface area contributed by atoms with Crippen LogP contribution in [0.5, 0.6) is 0 Å². The van der Waals surface area contributed by atoms with Gasteiger partial charge in [0.1, 0.15) is 5.82 Å². The van der Waals surface area contributed by atoms with Crippen molar-refractivity contribution in [2.24, 2.45) is 0 Å². The van der Waals surface area contributed by atoms with Crippen LogP contribution in [0.4, 0.5) is 10.1 Å². The molecule has 2 rings (SSSR count). The lowest BCUT2D eigenvalue weighted by Gasteiger charge is -2.23. The van der Waals surface area contributed by atoms with Crippen molar-refractivity contribution in [2.75, 3.05) is 32.2 Å². The minimum Gasteiger partial charge on any atom is -0.383 e. The summed E-state index contributed by atoms with van der Waals surface area (Å²) >= 11 is 0. The van der Waals surface area contributed by atoms with E-state index in [9.17, 15) is 4.39 Å². The Labute approximate surface area is 108 Å². The van der Waals surface area contributed by atoms with Crippen molar-refractivity contribution in [3.05, 3.63) is 29.6 Å². The zero-order chi connectivity index (χ0) is 13.0. The van der Waals surface area contributed by atoms with Crippen molar-refractivity contribution in [1.29, 1.82) is 0 Å². The van der Waals surface area contributed by atoms with Gasteiger partial charge in [-0.1, -0.05) is 12.1 Å². The molecule has 1 saturated carbocycles. The van der Waals surface area contributed by atoms with Gasteiger partial charge in [-0.05, 0) is 24.5 Å². The number of methoxy groups -OCH3 is 1. The molecule has 1 aromatic rings. The molecule has 0 unspecified atom stereocenters. The summed E-state index contributed by atoms with van der Waals surface area (Å²) in [5, 5.41) is 3.43. The van der Waals surface area contributed by atoms with E-state index in [2.05, 4.69) is 5.32 Å². The SMILES string of the molecule is COCCN(C)c1c(F)cccc1CNC1CC1. The third kappa shape index (κ3) is 3.43. The van der Waals surface area contributed by atoms with Crippen molar-refractivity contribution in [1.82, 2.24) is 5.32 Å². The predicted molar refractivity (Wildman–Crippen MR) is 71.4 cm³/mol. The number of nitrogens with one attached hydrogen (secondary N) is 1. The van der Waals surface area contributed by atoms with Crippen molar-refractivity contribution in [2.45, 2.75) is 25.4 Å². The summed E-state index contributed by atoms with van der Waals surface area (Å²) in [5.41, 5.74) is 1.70. The van der Waals surface area contributed by atoms with Crippen molar-refractivity contribution >= 4 is 5.69 Å². The van der Waals surface area contributed by atoms with Crippen LogP contribution in [-0.2, 0) is 11.3 Å². The molecular formula is C14H21FN2O. The van der Waals surface area contributed by atoms with Gasteiger partial charge in [-0.25, -0.2) is 4.39 Å². The number of anilines is 1. The molecule has 0 bridgehead atoms. The summed E-state index contributed by atoms with van der Waals surface area (Å²) < 4.78 is 19.0. The monoisotopic (exact) mass is 252 g/mol. The van der Waals surface area contributed by atoms with E-state index in [-0.39, 0.29) is 5.82 Å². The number of likely N-dealkylation sites (N-methyl/N-ethyl adjacent to an activating group) is 1. The molecule has 0 heterocycles. The van der Waals surface area contributed by atoms with Gasteiger partial charge in [0.2, 0.25) is 0 Å².